The lowest BCUT2D eigenvalue weighted by Crippen LogP contribution is -2.51. The fourth-order valence-electron chi connectivity index (χ4n) is 2.95. The SMILES string of the molecule is Cc1ccc(CNC(=O)N2CCN(Cc3ccc(F)cc3)CC2)cc1. The van der Waals surface area contributed by atoms with Gasteiger partial charge in [0, 0.05) is 39.3 Å². The van der Waals surface area contributed by atoms with Gasteiger partial charge < -0.3 is 10.2 Å². The molecule has 4 nitrogen and oxygen atoms in total. The largest absolute Gasteiger partial charge is 0.334 e. The molecular weight excluding hydrogens is 317 g/mol. The van der Waals surface area contributed by atoms with Gasteiger partial charge in [-0.1, -0.05) is 42.0 Å². The number of carbonyl (C=O) groups excluding carboxylic acids is 1. The lowest BCUT2D eigenvalue weighted by Gasteiger charge is -2.34. The highest BCUT2D eigenvalue weighted by molar-refractivity contribution is 5.74. The van der Waals surface area contributed by atoms with E-state index in [2.05, 4.69) is 22.3 Å². The standard InChI is InChI=1S/C20H24FN3O/c1-16-2-4-17(5-3-16)14-22-20(25)24-12-10-23(11-13-24)15-18-6-8-19(21)9-7-18/h2-9H,10-15H2,1H3,(H,22,25). The van der Waals surface area contributed by atoms with Crippen LogP contribution in [0.15, 0.2) is 48.5 Å². The van der Waals surface area contributed by atoms with E-state index in [0.717, 1.165) is 30.8 Å². The zero-order chi connectivity index (χ0) is 17.6. The van der Waals surface area contributed by atoms with Crippen LogP contribution in [0.5, 0.6) is 0 Å². The first-order valence-corrected chi connectivity index (χ1v) is 8.65. The molecule has 2 aromatic rings. The number of rotatable bonds is 4. The van der Waals surface area contributed by atoms with Crippen LogP contribution >= 0.6 is 0 Å². The fraction of sp³-hybridized carbons (Fsp3) is 0.350. The van der Waals surface area contributed by atoms with Crippen LogP contribution in [-0.2, 0) is 13.1 Å². The second kappa shape index (κ2) is 8.12. The van der Waals surface area contributed by atoms with Crippen molar-refractivity contribution in [2.75, 3.05) is 26.2 Å². The lowest BCUT2D eigenvalue weighted by molar-refractivity contribution is 0.135. The van der Waals surface area contributed by atoms with E-state index in [1.807, 2.05) is 36.1 Å². The summed E-state index contributed by atoms with van der Waals surface area (Å²) in [6.45, 7) is 6.47. The third kappa shape index (κ3) is 5.03. The van der Waals surface area contributed by atoms with Crippen LogP contribution in [0.4, 0.5) is 9.18 Å². The van der Waals surface area contributed by atoms with Gasteiger partial charge in [-0.25, -0.2) is 9.18 Å². The highest BCUT2D eigenvalue weighted by Gasteiger charge is 2.20. The second-order valence-corrected chi connectivity index (χ2v) is 6.53. The molecule has 1 N–H and O–H groups in total. The molecule has 0 aliphatic carbocycles. The predicted octanol–water partition coefficient (Wildman–Crippen LogP) is 3.16. The number of benzene rings is 2. The summed E-state index contributed by atoms with van der Waals surface area (Å²) in [5, 5.41) is 2.99. The summed E-state index contributed by atoms with van der Waals surface area (Å²) in [4.78, 5) is 16.4. The summed E-state index contributed by atoms with van der Waals surface area (Å²) in [6.07, 6.45) is 0. The van der Waals surface area contributed by atoms with E-state index >= 15 is 0 Å². The van der Waals surface area contributed by atoms with Gasteiger partial charge in [0.1, 0.15) is 5.82 Å². The Kier molecular flexibility index (Phi) is 5.66. The first-order valence-electron chi connectivity index (χ1n) is 8.65. The molecule has 1 heterocycles. The Morgan fingerprint density at radius 2 is 1.56 bits per heavy atom. The molecule has 0 aromatic heterocycles. The van der Waals surface area contributed by atoms with E-state index in [4.69, 9.17) is 0 Å². The van der Waals surface area contributed by atoms with Gasteiger partial charge in [-0.15, -0.1) is 0 Å². The van der Waals surface area contributed by atoms with Gasteiger partial charge in [0.15, 0.2) is 0 Å². The van der Waals surface area contributed by atoms with Crippen molar-refractivity contribution in [2.45, 2.75) is 20.0 Å². The van der Waals surface area contributed by atoms with E-state index in [0.29, 0.717) is 19.6 Å². The summed E-state index contributed by atoms with van der Waals surface area (Å²) in [5.41, 5.74) is 3.42. The van der Waals surface area contributed by atoms with Crippen LogP contribution in [0.25, 0.3) is 0 Å². The third-order valence-corrected chi connectivity index (χ3v) is 4.54. The number of piperazine rings is 1. The van der Waals surface area contributed by atoms with Crippen LogP contribution < -0.4 is 5.32 Å². The molecule has 0 radical (unpaired) electrons. The number of aryl methyl sites for hydroxylation is 1. The first-order chi connectivity index (χ1) is 12.1. The normalized spacial score (nSPS) is 15.2. The Hall–Kier alpha value is -2.40. The molecule has 5 heteroatoms. The number of hydrogen-bond donors (Lipinski definition) is 1. The van der Waals surface area contributed by atoms with Crippen molar-refractivity contribution in [3.63, 3.8) is 0 Å². The van der Waals surface area contributed by atoms with Crippen molar-refractivity contribution in [1.29, 1.82) is 0 Å². The van der Waals surface area contributed by atoms with Crippen molar-refractivity contribution in [2.24, 2.45) is 0 Å². The minimum atomic E-state index is -0.209. The summed E-state index contributed by atoms with van der Waals surface area (Å²) >= 11 is 0. The monoisotopic (exact) mass is 341 g/mol. The Labute approximate surface area is 148 Å². The molecule has 2 aromatic carbocycles. The molecule has 2 amide bonds. The van der Waals surface area contributed by atoms with Crippen LogP contribution in [0.3, 0.4) is 0 Å². The average molecular weight is 341 g/mol. The number of nitrogens with one attached hydrogen (secondary N) is 1. The van der Waals surface area contributed by atoms with Gasteiger partial charge in [0.05, 0.1) is 0 Å². The molecule has 25 heavy (non-hydrogen) atoms. The highest BCUT2D eigenvalue weighted by Crippen LogP contribution is 2.10. The third-order valence-electron chi connectivity index (χ3n) is 4.54. The molecule has 0 saturated carbocycles. The van der Waals surface area contributed by atoms with Crippen LogP contribution in [0, 0.1) is 12.7 Å². The first kappa shape index (κ1) is 17.4. The Bertz CT molecular complexity index is 692. The van der Waals surface area contributed by atoms with Crippen molar-refractivity contribution in [3.05, 3.63) is 71.0 Å². The minimum absolute atomic E-state index is 0.0120. The summed E-state index contributed by atoms with van der Waals surface area (Å²) in [6, 6.07) is 14.8. The lowest BCUT2D eigenvalue weighted by atomic mass is 10.1. The number of hydrogen-bond acceptors (Lipinski definition) is 2. The van der Waals surface area contributed by atoms with E-state index in [1.54, 1.807) is 0 Å². The van der Waals surface area contributed by atoms with Crippen LogP contribution in [0.1, 0.15) is 16.7 Å². The molecule has 1 saturated heterocycles. The van der Waals surface area contributed by atoms with Crippen molar-refractivity contribution in [3.8, 4) is 0 Å². The van der Waals surface area contributed by atoms with Crippen LogP contribution in [-0.4, -0.2) is 42.0 Å². The van der Waals surface area contributed by atoms with Gasteiger partial charge in [-0.3, -0.25) is 4.90 Å². The van der Waals surface area contributed by atoms with E-state index in [9.17, 15) is 9.18 Å². The molecule has 3 rings (SSSR count). The Balaban J connectivity index is 1.42. The van der Waals surface area contributed by atoms with Crippen molar-refractivity contribution < 1.29 is 9.18 Å². The zero-order valence-corrected chi connectivity index (χ0v) is 14.5. The topological polar surface area (TPSA) is 35.6 Å². The molecule has 0 spiro atoms. The van der Waals surface area contributed by atoms with E-state index in [-0.39, 0.29) is 11.8 Å². The number of urea groups is 1. The summed E-state index contributed by atoms with van der Waals surface area (Å²) < 4.78 is 13.0. The maximum absolute atomic E-state index is 13.0. The van der Waals surface area contributed by atoms with E-state index in [1.165, 1.54) is 17.7 Å². The van der Waals surface area contributed by atoms with Gasteiger partial charge >= 0.3 is 6.03 Å². The molecule has 132 valence electrons. The molecule has 1 aliphatic rings. The second-order valence-electron chi connectivity index (χ2n) is 6.53. The van der Waals surface area contributed by atoms with Gasteiger partial charge in [0.25, 0.3) is 0 Å². The number of nitrogens with zero attached hydrogens (tertiary/aromatic N) is 2. The van der Waals surface area contributed by atoms with Gasteiger partial charge in [0.2, 0.25) is 0 Å². The quantitative estimate of drug-likeness (QED) is 0.927. The van der Waals surface area contributed by atoms with Crippen LogP contribution in [0.2, 0.25) is 0 Å². The molecule has 0 bridgehead atoms. The van der Waals surface area contributed by atoms with Gasteiger partial charge in [-0.2, -0.15) is 0 Å². The van der Waals surface area contributed by atoms with E-state index < -0.39 is 0 Å². The Morgan fingerprint density at radius 3 is 2.20 bits per heavy atom. The predicted molar refractivity (Wildman–Crippen MR) is 96.7 cm³/mol. The maximum atomic E-state index is 13.0. The molecule has 0 unspecified atom stereocenters. The number of amides is 2. The number of carbonyl (C=O) groups is 1. The Morgan fingerprint density at radius 1 is 0.960 bits per heavy atom. The molecule has 0 atom stereocenters. The average Bonchev–Trinajstić information content (AvgIpc) is 2.63. The molecule has 1 fully saturated rings. The number of halogens is 1. The zero-order valence-electron chi connectivity index (χ0n) is 14.5. The van der Waals surface area contributed by atoms with Crippen molar-refractivity contribution >= 4 is 6.03 Å². The smallest absolute Gasteiger partial charge is 0.317 e. The fourth-order valence-corrected chi connectivity index (χ4v) is 2.95. The molecule has 1 aliphatic heterocycles. The van der Waals surface area contributed by atoms with Gasteiger partial charge in [-0.05, 0) is 30.2 Å². The molecular formula is C20H24FN3O. The highest BCUT2D eigenvalue weighted by atomic mass is 19.1. The summed E-state index contributed by atoms with van der Waals surface area (Å²) in [7, 11) is 0. The maximum Gasteiger partial charge on any atom is 0.317 e. The van der Waals surface area contributed by atoms with Crippen molar-refractivity contribution in [1.82, 2.24) is 15.1 Å². The minimum Gasteiger partial charge on any atom is -0.334 e. The summed E-state index contributed by atoms with van der Waals surface area (Å²) in [5.74, 6) is -0.209.